The van der Waals surface area contributed by atoms with Crippen LogP contribution in [0.5, 0.6) is 5.75 Å². The van der Waals surface area contributed by atoms with E-state index in [2.05, 4.69) is 33.9 Å². The van der Waals surface area contributed by atoms with Crippen molar-refractivity contribution >= 4 is 17.4 Å². The second kappa shape index (κ2) is 8.87. The summed E-state index contributed by atoms with van der Waals surface area (Å²) in [6.45, 7) is 0. The maximum atomic E-state index is 14.2. The summed E-state index contributed by atoms with van der Waals surface area (Å²) in [5.74, 6) is 0.216. The van der Waals surface area contributed by atoms with Gasteiger partial charge in [0.15, 0.2) is 0 Å². The van der Waals surface area contributed by atoms with Gasteiger partial charge in [-0.05, 0) is 64.7 Å². The molecule has 0 saturated carbocycles. The first-order chi connectivity index (χ1) is 14.3. The molecule has 0 amide bonds. The van der Waals surface area contributed by atoms with Gasteiger partial charge < -0.3 is 4.74 Å². The van der Waals surface area contributed by atoms with Crippen molar-refractivity contribution in [1.82, 2.24) is 0 Å². The Hall–Kier alpha value is -3.53. The zero-order valence-corrected chi connectivity index (χ0v) is 15.7. The van der Waals surface area contributed by atoms with E-state index in [1.165, 1.54) is 24.3 Å². The van der Waals surface area contributed by atoms with Crippen molar-refractivity contribution in [2.45, 2.75) is 6.36 Å². The first kappa shape index (κ1) is 21.2. The van der Waals surface area contributed by atoms with Crippen molar-refractivity contribution in [3.05, 3.63) is 77.9 Å². The normalized spacial score (nSPS) is 10.6. The zero-order chi connectivity index (χ0) is 21.7. The van der Waals surface area contributed by atoms with E-state index in [9.17, 15) is 22.0 Å². The highest BCUT2D eigenvalue weighted by Gasteiger charge is 2.30. The number of ether oxygens (including phenoxy) is 1. The molecular formula is C22H10F5NOS. The number of rotatable bonds is 3. The van der Waals surface area contributed by atoms with Gasteiger partial charge in [0.25, 0.3) is 0 Å². The predicted molar refractivity (Wildman–Crippen MR) is 106 cm³/mol. The minimum Gasteiger partial charge on any atom is -0.406 e. The maximum Gasteiger partial charge on any atom is 0.573 e. The van der Waals surface area contributed by atoms with Gasteiger partial charge in [0, 0.05) is 0 Å². The molecule has 0 radical (unpaired) electrons. The molecule has 0 atom stereocenters. The molecule has 150 valence electrons. The molecule has 3 aromatic rings. The average Bonchev–Trinajstić information content (AvgIpc) is 2.69. The molecule has 0 spiro atoms. The molecule has 0 unspecified atom stereocenters. The maximum absolute atomic E-state index is 14.2. The van der Waals surface area contributed by atoms with E-state index in [1.807, 2.05) is 5.16 Å². The van der Waals surface area contributed by atoms with Crippen molar-refractivity contribution in [3.63, 3.8) is 0 Å². The first-order valence-corrected chi connectivity index (χ1v) is 8.71. The number of alkyl halides is 3. The molecule has 0 N–H and O–H groups in total. The number of benzene rings is 3. The molecule has 0 heterocycles. The largest absolute Gasteiger partial charge is 0.573 e. The third kappa shape index (κ3) is 5.29. The molecule has 30 heavy (non-hydrogen) atoms. The fourth-order valence-electron chi connectivity index (χ4n) is 2.67. The average molecular weight is 431 g/mol. The van der Waals surface area contributed by atoms with Crippen molar-refractivity contribution in [2.75, 3.05) is 0 Å². The van der Waals surface area contributed by atoms with Crippen LogP contribution in [0, 0.1) is 23.6 Å². The molecule has 0 aliphatic rings. The van der Waals surface area contributed by atoms with E-state index in [0.29, 0.717) is 22.3 Å². The summed E-state index contributed by atoms with van der Waals surface area (Å²) in [6, 6.07) is 16.5. The monoisotopic (exact) mass is 431 g/mol. The van der Waals surface area contributed by atoms with Gasteiger partial charge in [-0.2, -0.15) is 0 Å². The number of thiocarbonyl (C=S) groups is 1. The van der Waals surface area contributed by atoms with Crippen LogP contribution in [0.2, 0.25) is 0 Å². The van der Waals surface area contributed by atoms with Crippen LogP contribution in [0.15, 0.2) is 65.7 Å². The van der Waals surface area contributed by atoms with E-state index < -0.39 is 23.6 Å². The third-order valence-electron chi connectivity index (χ3n) is 3.96. The Morgan fingerprint density at radius 2 is 1.23 bits per heavy atom. The van der Waals surface area contributed by atoms with Gasteiger partial charge >= 0.3 is 6.36 Å². The number of hydrogen-bond acceptors (Lipinski definition) is 3. The van der Waals surface area contributed by atoms with Crippen LogP contribution in [0.1, 0.15) is 5.56 Å². The molecule has 2 nitrogen and oxygen atoms in total. The molecule has 0 saturated heterocycles. The van der Waals surface area contributed by atoms with Gasteiger partial charge in [0.05, 0.1) is 16.8 Å². The Morgan fingerprint density at radius 3 is 1.70 bits per heavy atom. The Kier molecular flexibility index (Phi) is 6.26. The van der Waals surface area contributed by atoms with Gasteiger partial charge in [-0.1, -0.05) is 36.4 Å². The van der Waals surface area contributed by atoms with Gasteiger partial charge in [0.1, 0.15) is 17.4 Å². The first-order valence-electron chi connectivity index (χ1n) is 8.30. The number of hydrogen-bond donors (Lipinski definition) is 0. The predicted octanol–water partition coefficient (Wildman–Crippen LogP) is 6.61. The van der Waals surface area contributed by atoms with E-state index >= 15 is 0 Å². The van der Waals surface area contributed by atoms with Gasteiger partial charge in [-0.15, -0.1) is 18.2 Å². The van der Waals surface area contributed by atoms with Crippen molar-refractivity contribution in [2.24, 2.45) is 4.99 Å². The standard InChI is InChI=1S/C22H10F5NOS/c23-20-11-17(12-21(24)19(20)9-10-28-13-30)16-3-1-14(2-4-16)15-5-7-18(8-6-15)29-22(25,26)27/h1-8,11-12H. The summed E-state index contributed by atoms with van der Waals surface area (Å²) in [7, 11) is 0. The lowest BCUT2D eigenvalue weighted by atomic mass is 9.99. The quantitative estimate of drug-likeness (QED) is 0.201. The second-order valence-electron chi connectivity index (χ2n) is 5.90. The minimum atomic E-state index is -4.76. The van der Waals surface area contributed by atoms with Crippen LogP contribution >= 0.6 is 12.2 Å². The Balaban J connectivity index is 1.84. The number of isothiocyanates is 1. The summed E-state index contributed by atoms with van der Waals surface area (Å²) in [6.07, 6.45) is -4.76. The molecule has 0 bridgehead atoms. The van der Waals surface area contributed by atoms with E-state index in [4.69, 9.17) is 0 Å². The SMILES string of the molecule is Fc1cc(-c2ccc(-c3ccc(OC(F)(F)F)cc3)cc2)cc(F)c1C#CN=C=S. The summed E-state index contributed by atoms with van der Waals surface area (Å²) < 4.78 is 68.9. The zero-order valence-electron chi connectivity index (χ0n) is 14.9. The lowest BCUT2D eigenvalue weighted by molar-refractivity contribution is -0.274. The topological polar surface area (TPSA) is 21.6 Å². The fraction of sp³-hybridized carbons (Fsp3) is 0.0455. The summed E-state index contributed by atoms with van der Waals surface area (Å²) in [4.78, 5) is 3.30. The van der Waals surface area contributed by atoms with E-state index in [-0.39, 0.29) is 5.75 Å². The number of halogens is 5. The van der Waals surface area contributed by atoms with Crippen LogP contribution in [-0.2, 0) is 0 Å². The Bertz CT molecular complexity index is 1150. The van der Waals surface area contributed by atoms with E-state index in [0.717, 1.165) is 12.1 Å². The van der Waals surface area contributed by atoms with Crippen molar-refractivity contribution in [1.29, 1.82) is 0 Å². The molecule has 0 aromatic heterocycles. The van der Waals surface area contributed by atoms with Crippen LogP contribution in [-0.4, -0.2) is 11.5 Å². The smallest absolute Gasteiger partial charge is 0.406 e. The molecule has 0 aliphatic carbocycles. The van der Waals surface area contributed by atoms with Gasteiger partial charge in [-0.25, -0.2) is 8.78 Å². The molecule has 0 aliphatic heterocycles. The highest BCUT2D eigenvalue weighted by Crippen LogP contribution is 2.29. The minimum absolute atomic E-state index is 0.300. The highest BCUT2D eigenvalue weighted by atomic mass is 32.1. The molecule has 8 heteroatoms. The number of aliphatic imine (C=N–C) groups is 1. The van der Waals surface area contributed by atoms with Gasteiger partial charge in [-0.3, -0.25) is 0 Å². The summed E-state index contributed by atoms with van der Waals surface area (Å²) >= 11 is 4.33. The van der Waals surface area contributed by atoms with Crippen molar-refractivity contribution in [3.8, 4) is 40.0 Å². The van der Waals surface area contributed by atoms with Gasteiger partial charge in [0.2, 0.25) is 0 Å². The van der Waals surface area contributed by atoms with Crippen LogP contribution in [0.3, 0.4) is 0 Å². The second-order valence-corrected chi connectivity index (χ2v) is 6.09. The van der Waals surface area contributed by atoms with Crippen molar-refractivity contribution < 1.29 is 26.7 Å². The summed E-state index contributed by atoms with van der Waals surface area (Å²) in [5.41, 5.74) is 1.78. The molecule has 0 fully saturated rings. The highest BCUT2D eigenvalue weighted by molar-refractivity contribution is 7.78. The Morgan fingerprint density at radius 1 is 0.767 bits per heavy atom. The number of nitrogens with zero attached hydrogens (tertiary/aromatic N) is 1. The van der Waals surface area contributed by atoms with Crippen LogP contribution < -0.4 is 4.74 Å². The fourth-order valence-corrected chi connectivity index (χ4v) is 2.72. The van der Waals surface area contributed by atoms with E-state index in [1.54, 1.807) is 24.3 Å². The molecular weight excluding hydrogens is 421 g/mol. The summed E-state index contributed by atoms with van der Waals surface area (Å²) in [5, 5.41) is 1.98. The van der Waals surface area contributed by atoms with Crippen LogP contribution in [0.4, 0.5) is 22.0 Å². The van der Waals surface area contributed by atoms with Crippen LogP contribution in [0.25, 0.3) is 22.3 Å². The Labute approximate surface area is 173 Å². The molecule has 3 aromatic carbocycles. The third-order valence-corrected chi connectivity index (χ3v) is 4.06. The lowest BCUT2D eigenvalue weighted by Gasteiger charge is -2.10. The molecule has 3 rings (SSSR count). The lowest BCUT2D eigenvalue weighted by Crippen LogP contribution is -2.16.